The van der Waals surface area contributed by atoms with Gasteiger partial charge in [-0.2, -0.15) is 0 Å². The fraction of sp³-hybridized carbons (Fsp3) is 0.115. The molecule has 0 radical (unpaired) electrons. The molecule has 0 saturated heterocycles. The summed E-state index contributed by atoms with van der Waals surface area (Å²) in [5.74, 6) is 0.209. The minimum absolute atomic E-state index is 0.209. The van der Waals surface area contributed by atoms with Gasteiger partial charge in [0.2, 0.25) is 0 Å². The lowest BCUT2D eigenvalue weighted by molar-refractivity contribution is -0.117. The molecule has 0 bridgehead atoms. The van der Waals surface area contributed by atoms with Crippen LogP contribution in [0.1, 0.15) is 16.8 Å². The van der Waals surface area contributed by atoms with Crippen molar-refractivity contribution in [2.45, 2.75) is 19.8 Å². The molecule has 4 rings (SSSR count). The summed E-state index contributed by atoms with van der Waals surface area (Å²) in [6.45, 7) is 1.99. The molecule has 3 nitrogen and oxygen atoms in total. The standard InChI is InChI=1S/C26H22N2O/c1-19-14-24(11-13-28-19)22-9-7-20(8-10-22)16-26(29)17-21-4-2-5-23(15-21)25-6-3-12-27-18-25/h2-15,18H,16-17H2,1H3. The van der Waals surface area contributed by atoms with Gasteiger partial charge in [0.25, 0.3) is 0 Å². The Labute approximate surface area is 171 Å². The molecule has 3 heteroatoms. The molecule has 0 fully saturated rings. The van der Waals surface area contributed by atoms with Gasteiger partial charge >= 0.3 is 0 Å². The molecule has 0 N–H and O–H groups in total. The third-order valence-electron chi connectivity index (χ3n) is 4.91. The van der Waals surface area contributed by atoms with E-state index in [1.54, 1.807) is 6.20 Å². The van der Waals surface area contributed by atoms with Crippen LogP contribution in [-0.2, 0) is 17.6 Å². The van der Waals surface area contributed by atoms with E-state index in [9.17, 15) is 4.79 Å². The molecule has 0 amide bonds. The van der Waals surface area contributed by atoms with Gasteiger partial charge in [-0.05, 0) is 58.5 Å². The Morgan fingerprint density at radius 3 is 2.24 bits per heavy atom. The van der Waals surface area contributed by atoms with E-state index >= 15 is 0 Å². The summed E-state index contributed by atoms with van der Waals surface area (Å²) in [5.41, 5.74) is 7.48. The van der Waals surface area contributed by atoms with E-state index in [2.05, 4.69) is 34.2 Å². The van der Waals surface area contributed by atoms with Crippen LogP contribution in [0.2, 0.25) is 0 Å². The van der Waals surface area contributed by atoms with Crippen molar-refractivity contribution in [3.8, 4) is 22.3 Å². The molecule has 0 spiro atoms. The van der Waals surface area contributed by atoms with Gasteiger partial charge < -0.3 is 0 Å². The Morgan fingerprint density at radius 1 is 0.724 bits per heavy atom. The van der Waals surface area contributed by atoms with Gasteiger partial charge in [0.1, 0.15) is 5.78 Å². The van der Waals surface area contributed by atoms with Crippen LogP contribution in [0.5, 0.6) is 0 Å². The minimum Gasteiger partial charge on any atom is -0.299 e. The van der Waals surface area contributed by atoms with Gasteiger partial charge in [-0.15, -0.1) is 0 Å². The van der Waals surface area contributed by atoms with Crippen LogP contribution in [0.15, 0.2) is 91.4 Å². The summed E-state index contributed by atoms with van der Waals surface area (Å²) >= 11 is 0. The zero-order valence-corrected chi connectivity index (χ0v) is 16.4. The second-order valence-electron chi connectivity index (χ2n) is 7.22. The van der Waals surface area contributed by atoms with E-state index in [0.717, 1.165) is 39.1 Å². The quantitative estimate of drug-likeness (QED) is 0.447. The van der Waals surface area contributed by atoms with Crippen molar-refractivity contribution in [2.75, 3.05) is 0 Å². The molecule has 142 valence electrons. The minimum atomic E-state index is 0.209. The van der Waals surface area contributed by atoms with Crippen molar-refractivity contribution in [2.24, 2.45) is 0 Å². The summed E-state index contributed by atoms with van der Waals surface area (Å²) in [6.07, 6.45) is 6.29. The number of rotatable bonds is 6. The molecular weight excluding hydrogens is 356 g/mol. The number of ketones is 1. The van der Waals surface area contributed by atoms with Crippen LogP contribution in [0.3, 0.4) is 0 Å². The van der Waals surface area contributed by atoms with Crippen LogP contribution in [0, 0.1) is 6.92 Å². The number of carbonyl (C=O) groups excluding carboxylic acids is 1. The lowest BCUT2D eigenvalue weighted by atomic mass is 9.98. The fourth-order valence-electron chi connectivity index (χ4n) is 3.45. The highest BCUT2D eigenvalue weighted by Crippen LogP contribution is 2.21. The molecule has 0 saturated carbocycles. The number of benzene rings is 2. The SMILES string of the molecule is Cc1cc(-c2ccc(CC(=O)Cc3cccc(-c4cccnc4)c3)cc2)ccn1. The van der Waals surface area contributed by atoms with Crippen LogP contribution < -0.4 is 0 Å². The van der Waals surface area contributed by atoms with E-state index in [-0.39, 0.29) is 5.78 Å². The van der Waals surface area contributed by atoms with Crippen molar-refractivity contribution in [1.82, 2.24) is 9.97 Å². The van der Waals surface area contributed by atoms with Crippen LogP contribution >= 0.6 is 0 Å². The first-order chi connectivity index (χ1) is 14.2. The van der Waals surface area contributed by atoms with Gasteiger partial charge in [-0.1, -0.05) is 54.6 Å². The molecule has 4 aromatic rings. The van der Waals surface area contributed by atoms with E-state index in [1.165, 1.54) is 0 Å². The second-order valence-corrected chi connectivity index (χ2v) is 7.22. The molecule has 2 aromatic heterocycles. The zero-order chi connectivity index (χ0) is 20.1. The van der Waals surface area contributed by atoms with Crippen LogP contribution in [0.4, 0.5) is 0 Å². The molecule has 0 aliphatic rings. The smallest absolute Gasteiger partial charge is 0.141 e. The number of aryl methyl sites for hydroxylation is 1. The average Bonchev–Trinajstić information content (AvgIpc) is 2.75. The van der Waals surface area contributed by atoms with Gasteiger partial charge in [0, 0.05) is 37.1 Å². The highest BCUT2D eigenvalue weighted by molar-refractivity contribution is 5.83. The second kappa shape index (κ2) is 8.61. The van der Waals surface area contributed by atoms with Crippen molar-refractivity contribution >= 4 is 5.78 Å². The third-order valence-corrected chi connectivity index (χ3v) is 4.91. The number of aromatic nitrogens is 2. The number of pyridine rings is 2. The van der Waals surface area contributed by atoms with E-state index in [0.29, 0.717) is 12.8 Å². The number of hydrogen-bond donors (Lipinski definition) is 0. The Kier molecular flexibility index (Phi) is 5.57. The lowest BCUT2D eigenvalue weighted by Gasteiger charge is -2.07. The average molecular weight is 378 g/mol. The summed E-state index contributed by atoms with van der Waals surface area (Å²) in [4.78, 5) is 21.0. The summed E-state index contributed by atoms with van der Waals surface area (Å²) in [6, 6.07) is 24.4. The first-order valence-electron chi connectivity index (χ1n) is 9.70. The molecule has 0 aliphatic heterocycles. The van der Waals surface area contributed by atoms with Crippen molar-refractivity contribution in [3.05, 3.63) is 108 Å². The lowest BCUT2D eigenvalue weighted by Crippen LogP contribution is -2.06. The number of hydrogen-bond acceptors (Lipinski definition) is 3. The van der Waals surface area contributed by atoms with Crippen LogP contribution in [0.25, 0.3) is 22.3 Å². The van der Waals surface area contributed by atoms with Gasteiger partial charge in [0.05, 0.1) is 0 Å². The summed E-state index contributed by atoms with van der Waals surface area (Å²) in [7, 11) is 0. The largest absolute Gasteiger partial charge is 0.299 e. The molecule has 2 heterocycles. The Bertz CT molecular complexity index is 1120. The topological polar surface area (TPSA) is 42.9 Å². The normalized spacial score (nSPS) is 10.7. The highest BCUT2D eigenvalue weighted by Gasteiger charge is 2.08. The molecule has 0 atom stereocenters. The Balaban J connectivity index is 1.42. The van der Waals surface area contributed by atoms with E-state index in [1.807, 2.05) is 67.8 Å². The van der Waals surface area contributed by atoms with Crippen LogP contribution in [-0.4, -0.2) is 15.8 Å². The Morgan fingerprint density at radius 2 is 1.48 bits per heavy atom. The summed E-state index contributed by atoms with van der Waals surface area (Å²) in [5, 5.41) is 0. The summed E-state index contributed by atoms with van der Waals surface area (Å²) < 4.78 is 0. The predicted octanol–water partition coefficient (Wildman–Crippen LogP) is 5.47. The number of nitrogens with zero attached hydrogens (tertiary/aromatic N) is 2. The first kappa shape index (κ1) is 18.8. The maximum absolute atomic E-state index is 12.6. The Hall–Kier alpha value is -3.59. The fourth-order valence-corrected chi connectivity index (χ4v) is 3.45. The molecule has 2 aromatic carbocycles. The molecule has 29 heavy (non-hydrogen) atoms. The first-order valence-corrected chi connectivity index (χ1v) is 9.70. The number of carbonyl (C=O) groups is 1. The maximum Gasteiger partial charge on any atom is 0.141 e. The van der Waals surface area contributed by atoms with E-state index < -0.39 is 0 Å². The maximum atomic E-state index is 12.6. The zero-order valence-electron chi connectivity index (χ0n) is 16.4. The highest BCUT2D eigenvalue weighted by atomic mass is 16.1. The van der Waals surface area contributed by atoms with Gasteiger partial charge in [-0.25, -0.2) is 0 Å². The predicted molar refractivity (Wildman–Crippen MR) is 116 cm³/mol. The molecular formula is C26H22N2O. The van der Waals surface area contributed by atoms with Crippen molar-refractivity contribution in [1.29, 1.82) is 0 Å². The van der Waals surface area contributed by atoms with E-state index in [4.69, 9.17) is 0 Å². The van der Waals surface area contributed by atoms with Crippen molar-refractivity contribution < 1.29 is 4.79 Å². The number of Topliss-reactive ketones (excluding diaryl/α,β-unsaturated/α-hetero) is 1. The monoisotopic (exact) mass is 378 g/mol. The third kappa shape index (κ3) is 4.82. The van der Waals surface area contributed by atoms with Gasteiger partial charge in [-0.3, -0.25) is 14.8 Å². The van der Waals surface area contributed by atoms with Crippen molar-refractivity contribution in [3.63, 3.8) is 0 Å². The molecule has 0 unspecified atom stereocenters. The molecule has 0 aliphatic carbocycles. The van der Waals surface area contributed by atoms with Gasteiger partial charge in [0.15, 0.2) is 0 Å².